The first-order valence-corrected chi connectivity index (χ1v) is 10.7. The van der Waals surface area contributed by atoms with Gasteiger partial charge in [-0.2, -0.15) is 0 Å². The van der Waals surface area contributed by atoms with E-state index in [1.807, 2.05) is 0 Å². The molecule has 4 aromatic rings. The van der Waals surface area contributed by atoms with Crippen molar-refractivity contribution in [3.05, 3.63) is 45.9 Å². The molecular weight excluding hydrogens is 473 g/mol. The van der Waals surface area contributed by atoms with Crippen molar-refractivity contribution in [1.82, 2.24) is 14.5 Å². The van der Waals surface area contributed by atoms with Crippen LogP contribution in [0.5, 0.6) is 11.5 Å². The SMILES string of the molecule is COc1c2n(c3cc(Cl)c(O)cc13)[C@]1(O)C(=O)N(C)C(O)[C@]1(O)c1c-2[nH]c2ccc(Cl)cc12. The van der Waals surface area contributed by atoms with Gasteiger partial charge in [-0.1, -0.05) is 23.2 Å². The maximum atomic E-state index is 13.4. The highest BCUT2D eigenvalue weighted by atomic mass is 35.5. The lowest BCUT2D eigenvalue weighted by Gasteiger charge is -2.42. The number of aromatic nitrogens is 2. The number of phenolic OH excluding ortho intramolecular Hbond substituents is 1. The largest absolute Gasteiger partial charge is 0.506 e. The van der Waals surface area contributed by atoms with Crippen LogP contribution in [0.1, 0.15) is 5.56 Å². The number of phenols is 1. The van der Waals surface area contributed by atoms with Gasteiger partial charge in [0.2, 0.25) is 0 Å². The second-order valence-electron chi connectivity index (χ2n) is 8.33. The van der Waals surface area contributed by atoms with E-state index < -0.39 is 23.5 Å². The molecule has 3 atom stereocenters. The summed E-state index contributed by atoms with van der Waals surface area (Å²) in [6, 6.07) is 7.62. The van der Waals surface area contributed by atoms with E-state index in [4.69, 9.17) is 27.9 Å². The molecule has 9 nitrogen and oxygen atoms in total. The number of rotatable bonds is 1. The number of aromatic hydroxyl groups is 1. The number of likely N-dealkylation sites (N-methyl/N-ethyl adjacent to an activating group) is 1. The molecule has 1 unspecified atom stereocenters. The van der Waals surface area contributed by atoms with E-state index in [0.29, 0.717) is 27.0 Å². The quantitative estimate of drug-likeness (QED) is 0.279. The fourth-order valence-corrected chi connectivity index (χ4v) is 5.65. The molecule has 6 rings (SSSR count). The Morgan fingerprint density at radius 1 is 1.15 bits per heavy atom. The van der Waals surface area contributed by atoms with Crippen molar-refractivity contribution < 1.29 is 30.0 Å². The van der Waals surface area contributed by atoms with Gasteiger partial charge in [-0.05, 0) is 30.3 Å². The molecule has 5 N–H and O–H groups in total. The van der Waals surface area contributed by atoms with Gasteiger partial charge in [0.15, 0.2) is 17.6 Å². The summed E-state index contributed by atoms with van der Waals surface area (Å²) in [5.74, 6) is -0.945. The zero-order chi connectivity index (χ0) is 23.6. The zero-order valence-corrected chi connectivity index (χ0v) is 18.7. The number of hydrogen-bond donors (Lipinski definition) is 5. The van der Waals surface area contributed by atoms with Crippen LogP contribution in [-0.2, 0) is 16.1 Å². The molecule has 2 aliphatic rings. The van der Waals surface area contributed by atoms with Crippen molar-refractivity contribution in [2.24, 2.45) is 0 Å². The third-order valence-corrected chi connectivity index (χ3v) is 7.32. The van der Waals surface area contributed by atoms with Gasteiger partial charge >= 0.3 is 0 Å². The van der Waals surface area contributed by atoms with Gasteiger partial charge in [0.1, 0.15) is 11.4 Å². The lowest BCUT2D eigenvalue weighted by molar-refractivity contribution is -0.217. The van der Waals surface area contributed by atoms with Gasteiger partial charge in [-0.25, -0.2) is 0 Å². The number of benzene rings is 2. The Morgan fingerprint density at radius 2 is 1.88 bits per heavy atom. The van der Waals surface area contributed by atoms with Crippen molar-refractivity contribution in [2.45, 2.75) is 17.6 Å². The van der Waals surface area contributed by atoms with Crippen LogP contribution >= 0.6 is 23.2 Å². The molecule has 11 heteroatoms. The number of H-pyrrole nitrogens is 1. The minimum absolute atomic E-state index is 0.0360. The molecule has 4 heterocycles. The molecule has 2 aliphatic heterocycles. The Labute approximate surface area is 195 Å². The van der Waals surface area contributed by atoms with Crippen LogP contribution in [-0.4, -0.2) is 61.2 Å². The molecule has 2 aromatic heterocycles. The van der Waals surface area contributed by atoms with E-state index >= 15 is 0 Å². The van der Waals surface area contributed by atoms with Crippen LogP contribution in [0.25, 0.3) is 33.2 Å². The number of fused-ring (bicyclic) bond motifs is 10. The summed E-state index contributed by atoms with van der Waals surface area (Å²) in [7, 11) is 2.69. The fraction of sp³-hybridized carbons (Fsp3) is 0.227. The van der Waals surface area contributed by atoms with E-state index in [0.717, 1.165) is 4.90 Å². The second kappa shape index (κ2) is 6.13. The number of ether oxygens (including phenoxy) is 1. The number of methoxy groups -OCH3 is 1. The van der Waals surface area contributed by atoms with E-state index in [9.17, 15) is 25.2 Å². The molecule has 1 fully saturated rings. The van der Waals surface area contributed by atoms with Crippen molar-refractivity contribution >= 4 is 50.9 Å². The van der Waals surface area contributed by atoms with Gasteiger partial charge in [-0.15, -0.1) is 0 Å². The van der Waals surface area contributed by atoms with Gasteiger partial charge in [0.25, 0.3) is 11.6 Å². The van der Waals surface area contributed by atoms with E-state index in [1.165, 1.54) is 30.9 Å². The highest BCUT2D eigenvalue weighted by molar-refractivity contribution is 6.33. The molecule has 0 aliphatic carbocycles. The van der Waals surface area contributed by atoms with Crippen molar-refractivity contribution in [2.75, 3.05) is 14.2 Å². The molecule has 2 aromatic carbocycles. The normalized spacial score (nSPS) is 26.1. The van der Waals surface area contributed by atoms with Crippen LogP contribution in [0, 0.1) is 0 Å². The number of aromatic amines is 1. The van der Waals surface area contributed by atoms with Crippen LogP contribution < -0.4 is 4.74 Å². The molecule has 1 amide bonds. The summed E-state index contributed by atoms with van der Waals surface area (Å²) in [5.41, 5.74) is -3.76. The summed E-state index contributed by atoms with van der Waals surface area (Å²) >= 11 is 12.4. The molecule has 1 saturated heterocycles. The second-order valence-corrected chi connectivity index (χ2v) is 9.17. The molecular formula is C22H17Cl2N3O6. The highest BCUT2D eigenvalue weighted by Gasteiger charge is 2.73. The number of carbonyl (C=O) groups excluding carboxylic acids is 1. The fourth-order valence-electron chi connectivity index (χ4n) is 5.32. The summed E-state index contributed by atoms with van der Waals surface area (Å²) in [6.45, 7) is 0. The average molecular weight is 490 g/mol. The first-order valence-electron chi connectivity index (χ1n) is 9.90. The topological polar surface area (TPSA) is 131 Å². The van der Waals surface area contributed by atoms with E-state index in [1.54, 1.807) is 18.2 Å². The van der Waals surface area contributed by atoms with Gasteiger partial charge in [-0.3, -0.25) is 9.36 Å². The molecule has 33 heavy (non-hydrogen) atoms. The van der Waals surface area contributed by atoms with Crippen molar-refractivity contribution in [3.8, 4) is 22.9 Å². The number of amides is 1. The third kappa shape index (κ3) is 2.08. The van der Waals surface area contributed by atoms with Crippen LogP contribution in [0.2, 0.25) is 10.0 Å². The standard InChI is InChI=1S/C22H17Cl2N3O6/c1-26-19(29)21(31)15-9-5-8(23)3-4-12(9)25-16(15)17-18(33-2)10-6-14(28)11(24)7-13(10)27(17)22(21,32)20(26)30/h3-7,19,25,28-29,31-32H,1-2H3/t19?,21-,22+/m1/s1. The maximum Gasteiger partial charge on any atom is 0.281 e. The first kappa shape index (κ1) is 20.6. The lowest BCUT2D eigenvalue weighted by Crippen LogP contribution is -2.59. The number of nitrogens with zero attached hydrogens (tertiary/aromatic N) is 2. The highest BCUT2D eigenvalue weighted by Crippen LogP contribution is 2.60. The number of hydrogen-bond acceptors (Lipinski definition) is 6. The number of nitrogens with one attached hydrogen (secondary N) is 1. The monoisotopic (exact) mass is 489 g/mol. The lowest BCUT2D eigenvalue weighted by atomic mass is 9.79. The number of aliphatic hydroxyl groups excluding tert-OH is 1. The minimum atomic E-state index is -2.67. The predicted molar refractivity (Wildman–Crippen MR) is 120 cm³/mol. The number of halogens is 2. The van der Waals surface area contributed by atoms with E-state index in [-0.39, 0.29) is 33.3 Å². The number of likely N-dealkylation sites (tertiary alicyclic amines) is 1. The summed E-state index contributed by atoms with van der Waals surface area (Å²) in [6.07, 6.45) is -1.80. The van der Waals surface area contributed by atoms with Crippen molar-refractivity contribution in [1.29, 1.82) is 0 Å². The molecule has 0 spiro atoms. The first-order chi connectivity index (χ1) is 15.6. The molecule has 170 valence electrons. The molecule has 0 saturated carbocycles. The van der Waals surface area contributed by atoms with Crippen LogP contribution in [0.3, 0.4) is 0 Å². The van der Waals surface area contributed by atoms with Gasteiger partial charge < -0.3 is 35.0 Å². The Morgan fingerprint density at radius 3 is 2.58 bits per heavy atom. The van der Waals surface area contributed by atoms with Gasteiger partial charge in [0, 0.05) is 33.9 Å². The zero-order valence-electron chi connectivity index (χ0n) is 17.2. The van der Waals surface area contributed by atoms with Crippen LogP contribution in [0.15, 0.2) is 30.3 Å². The Kier molecular flexibility index (Phi) is 3.84. The summed E-state index contributed by atoms with van der Waals surface area (Å²) < 4.78 is 6.85. The average Bonchev–Trinajstić information content (AvgIpc) is 3.35. The Balaban J connectivity index is 1.91. The van der Waals surface area contributed by atoms with Crippen LogP contribution in [0.4, 0.5) is 0 Å². The smallest absolute Gasteiger partial charge is 0.281 e. The summed E-state index contributed by atoms with van der Waals surface area (Å²) in [4.78, 5) is 17.5. The third-order valence-electron chi connectivity index (χ3n) is 6.79. The maximum absolute atomic E-state index is 13.4. The van der Waals surface area contributed by atoms with Crippen molar-refractivity contribution in [3.63, 3.8) is 0 Å². The predicted octanol–water partition coefficient (Wildman–Crippen LogP) is 2.45. The van der Waals surface area contributed by atoms with Gasteiger partial charge in [0.05, 0.1) is 23.3 Å². The Bertz CT molecular complexity index is 1540. The van der Waals surface area contributed by atoms with E-state index in [2.05, 4.69) is 4.98 Å². The minimum Gasteiger partial charge on any atom is -0.506 e. The summed E-state index contributed by atoms with van der Waals surface area (Å²) in [5, 5.41) is 46.5. The number of aliphatic hydroxyl groups is 3. The Hall–Kier alpha value is -2.95. The number of carbonyl (C=O) groups is 1. The molecule has 0 radical (unpaired) electrons. The molecule has 0 bridgehead atoms.